The summed E-state index contributed by atoms with van der Waals surface area (Å²) in [6.45, 7) is 0.987. The van der Waals surface area contributed by atoms with E-state index in [4.69, 9.17) is 5.11 Å². The maximum Gasteiger partial charge on any atom is 0.255 e. The van der Waals surface area contributed by atoms with Crippen molar-refractivity contribution in [2.24, 2.45) is 0 Å². The van der Waals surface area contributed by atoms with E-state index in [9.17, 15) is 13.9 Å². The standard InChI is InChI=1S/C12H16BrF2NO2/c1-8(18)10-6-9(13)2-3-11(10)16(4-5-17)7-12(14)15/h2-3,6,8,12,17-18H,4-5,7H2,1H3. The van der Waals surface area contributed by atoms with Crippen molar-refractivity contribution in [3.05, 3.63) is 28.2 Å². The maximum atomic E-state index is 12.5. The second kappa shape index (κ2) is 7.01. The van der Waals surface area contributed by atoms with Crippen molar-refractivity contribution in [2.45, 2.75) is 19.5 Å². The van der Waals surface area contributed by atoms with Crippen LogP contribution in [-0.4, -0.2) is 36.3 Å². The Balaban J connectivity index is 3.09. The normalized spacial score (nSPS) is 12.8. The summed E-state index contributed by atoms with van der Waals surface area (Å²) in [6.07, 6.45) is -3.27. The number of hydrogen-bond acceptors (Lipinski definition) is 3. The summed E-state index contributed by atoms with van der Waals surface area (Å²) in [7, 11) is 0. The zero-order valence-electron chi connectivity index (χ0n) is 9.98. The number of halogens is 3. The van der Waals surface area contributed by atoms with Crippen LogP contribution in [0.3, 0.4) is 0 Å². The van der Waals surface area contributed by atoms with E-state index in [1.807, 2.05) is 0 Å². The van der Waals surface area contributed by atoms with Gasteiger partial charge >= 0.3 is 0 Å². The summed E-state index contributed by atoms with van der Waals surface area (Å²) >= 11 is 3.28. The van der Waals surface area contributed by atoms with E-state index in [0.29, 0.717) is 11.3 Å². The van der Waals surface area contributed by atoms with Gasteiger partial charge in [-0.25, -0.2) is 8.78 Å². The molecule has 0 aliphatic heterocycles. The molecule has 1 rings (SSSR count). The monoisotopic (exact) mass is 323 g/mol. The molecule has 1 aromatic rings. The quantitative estimate of drug-likeness (QED) is 0.845. The molecule has 0 aliphatic rings. The van der Waals surface area contributed by atoms with Crippen LogP contribution in [0.5, 0.6) is 0 Å². The SMILES string of the molecule is CC(O)c1cc(Br)ccc1N(CCO)CC(F)F. The van der Waals surface area contributed by atoms with Gasteiger partial charge in [0.25, 0.3) is 6.43 Å². The van der Waals surface area contributed by atoms with Crippen molar-refractivity contribution in [2.75, 3.05) is 24.6 Å². The lowest BCUT2D eigenvalue weighted by Gasteiger charge is -2.27. The van der Waals surface area contributed by atoms with Gasteiger partial charge in [0, 0.05) is 22.3 Å². The molecule has 0 aliphatic carbocycles. The molecular weight excluding hydrogens is 308 g/mol. The summed E-state index contributed by atoms with van der Waals surface area (Å²) in [6, 6.07) is 5.07. The predicted molar refractivity (Wildman–Crippen MR) is 70.1 cm³/mol. The highest BCUT2D eigenvalue weighted by Gasteiger charge is 2.17. The molecular formula is C12H16BrF2NO2. The number of anilines is 1. The molecule has 2 N–H and O–H groups in total. The number of alkyl halides is 2. The van der Waals surface area contributed by atoms with Gasteiger partial charge in [0.15, 0.2) is 0 Å². The van der Waals surface area contributed by atoms with Gasteiger partial charge < -0.3 is 15.1 Å². The van der Waals surface area contributed by atoms with Gasteiger partial charge in [-0.3, -0.25) is 0 Å². The van der Waals surface area contributed by atoms with E-state index in [1.165, 1.54) is 4.90 Å². The van der Waals surface area contributed by atoms with Gasteiger partial charge in [-0.1, -0.05) is 15.9 Å². The molecule has 0 spiro atoms. The van der Waals surface area contributed by atoms with Crippen LogP contribution in [0.4, 0.5) is 14.5 Å². The van der Waals surface area contributed by atoms with Crippen molar-refractivity contribution >= 4 is 21.6 Å². The minimum absolute atomic E-state index is 0.103. The zero-order chi connectivity index (χ0) is 13.7. The molecule has 0 fully saturated rings. The minimum atomic E-state index is -2.50. The molecule has 0 saturated heterocycles. The Bertz CT molecular complexity index is 388. The molecule has 0 saturated carbocycles. The van der Waals surface area contributed by atoms with Gasteiger partial charge in [0.05, 0.1) is 19.3 Å². The Hall–Kier alpha value is -0.720. The average molecular weight is 324 g/mol. The van der Waals surface area contributed by atoms with E-state index in [0.717, 1.165) is 4.47 Å². The average Bonchev–Trinajstić information content (AvgIpc) is 2.27. The third kappa shape index (κ3) is 4.19. The van der Waals surface area contributed by atoms with Crippen LogP contribution in [0.15, 0.2) is 22.7 Å². The van der Waals surface area contributed by atoms with Gasteiger partial charge in [-0.05, 0) is 25.1 Å². The van der Waals surface area contributed by atoms with Crippen molar-refractivity contribution < 1.29 is 19.0 Å². The molecule has 1 atom stereocenters. The second-order valence-corrected chi connectivity index (χ2v) is 4.86. The van der Waals surface area contributed by atoms with Crippen LogP contribution >= 0.6 is 15.9 Å². The summed E-state index contributed by atoms with van der Waals surface area (Å²) in [4.78, 5) is 1.37. The topological polar surface area (TPSA) is 43.7 Å². The summed E-state index contributed by atoms with van der Waals surface area (Å²) in [5.41, 5.74) is 1.07. The third-order valence-corrected chi connectivity index (χ3v) is 3.00. The first kappa shape index (κ1) is 15.3. The first-order valence-corrected chi connectivity index (χ1v) is 6.36. The summed E-state index contributed by atoms with van der Waals surface area (Å²) in [5.74, 6) is 0. The molecule has 0 radical (unpaired) electrons. The van der Waals surface area contributed by atoms with E-state index in [2.05, 4.69) is 15.9 Å². The minimum Gasteiger partial charge on any atom is -0.395 e. The lowest BCUT2D eigenvalue weighted by atomic mass is 10.1. The fourth-order valence-corrected chi connectivity index (χ4v) is 2.12. The molecule has 102 valence electrons. The van der Waals surface area contributed by atoms with Crippen LogP contribution in [0.2, 0.25) is 0 Å². The van der Waals surface area contributed by atoms with Crippen molar-refractivity contribution in [1.82, 2.24) is 0 Å². The Labute approximate surface area is 113 Å². The van der Waals surface area contributed by atoms with E-state index >= 15 is 0 Å². The first-order chi connectivity index (χ1) is 8.45. The Morgan fingerprint density at radius 3 is 2.56 bits per heavy atom. The molecule has 0 amide bonds. The number of benzene rings is 1. The smallest absolute Gasteiger partial charge is 0.255 e. The van der Waals surface area contributed by atoms with Crippen molar-refractivity contribution in [3.8, 4) is 0 Å². The summed E-state index contributed by atoms with van der Waals surface area (Å²) < 4.78 is 25.8. The number of hydrogen-bond donors (Lipinski definition) is 2. The highest BCUT2D eigenvalue weighted by atomic mass is 79.9. The molecule has 1 unspecified atom stereocenters. The van der Waals surface area contributed by atoms with Gasteiger partial charge in [-0.15, -0.1) is 0 Å². The van der Waals surface area contributed by atoms with Crippen molar-refractivity contribution in [3.63, 3.8) is 0 Å². The molecule has 3 nitrogen and oxygen atoms in total. The van der Waals surface area contributed by atoms with Crippen LogP contribution in [0.25, 0.3) is 0 Å². The van der Waals surface area contributed by atoms with Gasteiger partial charge in [0.2, 0.25) is 0 Å². The largest absolute Gasteiger partial charge is 0.395 e. The molecule has 18 heavy (non-hydrogen) atoms. The third-order valence-electron chi connectivity index (χ3n) is 2.51. The van der Waals surface area contributed by atoms with Gasteiger partial charge in [-0.2, -0.15) is 0 Å². The van der Waals surface area contributed by atoms with E-state index in [-0.39, 0.29) is 13.2 Å². The number of aliphatic hydroxyl groups is 2. The molecule has 1 aromatic carbocycles. The maximum absolute atomic E-state index is 12.5. The first-order valence-electron chi connectivity index (χ1n) is 5.57. The summed E-state index contributed by atoms with van der Waals surface area (Å²) in [5, 5.41) is 18.6. The molecule has 0 heterocycles. The van der Waals surface area contributed by atoms with E-state index < -0.39 is 19.1 Å². The fraction of sp³-hybridized carbons (Fsp3) is 0.500. The van der Waals surface area contributed by atoms with Crippen LogP contribution in [0.1, 0.15) is 18.6 Å². The number of aliphatic hydroxyl groups excluding tert-OH is 2. The molecule has 0 bridgehead atoms. The Kier molecular flexibility index (Phi) is 5.98. The predicted octanol–water partition coefficient (Wildman–Crippen LogP) is 2.57. The van der Waals surface area contributed by atoms with Crippen LogP contribution < -0.4 is 4.90 Å². The Morgan fingerprint density at radius 2 is 2.06 bits per heavy atom. The lowest BCUT2D eigenvalue weighted by molar-refractivity contribution is 0.152. The van der Waals surface area contributed by atoms with Crippen molar-refractivity contribution in [1.29, 1.82) is 0 Å². The zero-order valence-corrected chi connectivity index (χ0v) is 11.6. The number of rotatable bonds is 6. The lowest BCUT2D eigenvalue weighted by Crippen LogP contribution is -2.32. The Morgan fingerprint density at radius 1 is 1.39 bits per heavy atom. The highest BCUT2D eigenvalue weighted by molar-refractivity contribution is 9.10. The molecule has 0 aromatic heterocycles. The highest BCUT2D eigenvalue weighted by Crippen LogP contribution is 2.29. The fourth-order valence-electron chi connectivity index (χ4n) is 1.75. The van der Waals surface area contributed by atoms with Gasteiger partial charge in [0.1, 0.15) is 0 Å². The van der Waals surface area contributed by atoms with E-state index in [1.54, 1.807) is 25.1 Å². The van der Waals surface area contributed by atoms with Crippen LogP contribution in [-0.2, 0) is 0 Å². The second-order valence-electron chi connectivity index (χ2n) is 3.94. The van der Waals surface area contributed by atoms with Crippen LogP contribution in [0, 0.1) is 0 Å². The number of nitrogens with zero attached hydrogens (tertiary/aromatic N) is 1. The molecule has 6 heteroatoms.